The van der Waals surface area contributed by atoms with E-state index in [0.717, 1.165) is 27.7 Å². The summed E-state index contributed by atoms with van der Waals surface area (Å²) in [5, 5.41) is 10.5. The molecule has 0 aliphatic carbocycles. The molecule has 2 N–H and O–H groups in total. The fourth-order valence-electron chi connectivity index (χ4n) is 4.36. The summed E-state index contributed by atoms with van der Waals surface area (Å²) < 4.78 is 34.2. The average molecular weight is 415 g/mol. The van der Waals surface area contributed by atoms with E-state index in [9.17, 15) is 13.9 Å². The summed E-state index contributed by atoms with van der Waals surface area (Å²) in [6, 6.07) is 8.19. The Morgan fingerprint density at radius 1 is 1.33 bits per heavy atom. The zero-order valence-corrected chi connectivity index (χ0v) is 17.5. The van der Waals surface area contributed by atoms with Crippen LogP contribution in [0.3, 0.4) is 0 Å². The second-order valence-electron chi connectivity index (χ2n) is 8.27. The predicted octanol–water partition coefficient (Wildman–Crippen LogP) is 4.16. The zero-order chi connectivity index (χ0) is 21.5. The number of aromatic amines is 1. The summed E-state index contributed by atoms with van der Waals surface area (Å²) >= 11 is 0. The van der Waals surface area contributed by atoms with Crippen molar-refractivity contribution < 1.29 is 18.6 Å². The Bertz CT molecular complexity index is 1030. The Kier molecular flexibility index (Phi) is 5.51. The monoisotopic (exact) mass is 415 g/mol. The lowest BCUT2D eigenvalue weighted by molar-refractivity contribution is 0.0174. The van der Waals surface area contributed by atoms with Gasteiger partial charge < -0.3 is 14.8 Å². The fraction of sp³-hybridized carbons (Fsp3) is 0.435. The SMILES string of the molecule is CCOc1ccc(C2c3[nH]c4cc(F)ccc4c3CC(C)N2CC(C)(F)CO)cn1. The standard InChI is InChI=1S/C23H27F2N3O2/c1-4-30-20-8-5-15(11-26-20)22-21-18(17-7-6-16(24)10-19(17)27-21)9-14(2)28(22)12-23(3,25)13-29/h5-8,10-11,14,22,27,29H,4,9,12-13H2,1-3H3. The molecule has 0 fully saturated rings. The van der Waals surface area contributed by atoms with Crippen LogP contribution < -0.4 is 4.74 Å². The van der Waals surface area contributed by atoms with E-state index < -0.39 is 12.3 Å². The van der Waals surface area contributed by atoms with Gasteiger partial charge >= 0.3 is 0 Å². The van der Waals surface area contributed by atoms with Crippen LogP contribution in [0.5, 0.6) is 5.88 Å². The van der Waals surface area contributed by atoms with Crippen molar-refractivity contribution in [2.24, 2.45) is 0 Å². The van der Waals surface area contributed by atoms with Gasteiger partial charge in [0.05, 0.1) is 19.3 Å². The Balaban J connectivity index is 1.84. The van der Waals surface area contributed by atoms with Crippen LogP contribution in [0.15, 0.2) is 36.5 Å². The van der Waals surface area contributed by atoms with Crippen molar-refractivity contribution in [1.82, 2.24) is 14.9 Å². The third-order valence-electron chi connectivity index (χ3n) is 5.78. The molecule has 1 aromatic carbocycles. The van der Waals surface area contributed by atoms with E-state index in [1.165, 1.54) is 19.1 Å². The largest absolute Gasteiger partial charge is 0.478 e. The third kappa shape index (κ3) is 3.79. The average Bonchev–Trinajstić information content (AvgIpc) is 3.06. The normalized spacial score (nSPS) is 21.4. The number of aromatic nitrogens is 2. The lowest BCUT2D eigenvalue weighted by Gasteiger charge is -2.43. The number of nitrogens with zero attached hydrogens (tertiary/aromatic N) is 2. The van der Waals surface area contributed by atoms with Crippen LogP contribution >= 0.6 is 0 Å². The smallest absolute Gasteiger partial charge is 0.213 e. The van der Waals surface area contributed by atoms with Gasteiger partial charge in [-0.05, 0) is 56.5 Å². The van der Waals surface area contributed by atoms with Gasteiger partial charge in [-0.25, -0.2) is 13.8 Å². The number of pyridine rings is 1. The van der Waals surface area contributed by atoms with E-state index in [-0.39, 0.29) is 24.4 Å². The Labute approximate surface area is 174 Å². The van der Waals surface area contributed by atoms with E-state index in [2.05, 4.69) is 9.97 Å². The molecular formula is C23H27F2N3O2. The molecule has 1 aliphatic rings. The number of hydrogen-bond donors (Lipinski definition) is 2. The van der Waals surface area contributed by atoms with E-state index in [4.69, 9.17) is 4.74 Å². The second-order valence-corrected chi connectivity index (χ2v) is 8.27. The number of halogens is 2. The van der Waals surface area contributed by atoms with Gasteiger partial charge in [0, 0.05) is 41.4 Å². The number of ether oxygens (including phenoxy) is 1. The molecule has 0 saturated heterocycles. The van der Waals surface area contributed by atoms with Gasteiger partial charge in [0.1, 0.15) is 11.5 Å². The molecule has 0 spiro atoms. The first kappa shape index (κ1) is 20.8. The van der Waals surface area contributed by atoms with Crippen LogP contribution in [-0.4, -0.2) is 51.4 Å². The third-order valence-corrected chi connectivity index (χ3v) is 5.78. The van der Waals surface area contributed by atoms with Gasteiger partial charge in [-0.2, -0.15) is 0 Å². The van der Waals surface area contributed by atoms with Crippen LogP contribution in [0.1, 0.15) is 43.6 Å². The highest BCUT2D eigenvalue weighted by molar-refractivity contribution is 5.85. The highest BCUT2D eigenvalue weighted by atomic mass is 19.1. The summed E-state index contributed by atoms with van der Waals surface area (Å²) in [6.45, 7) is 5.37. The molecule has 3 aromatic rings. The van der Waals surface area contributed by atoms with Gasteiger partial charge in [-0.3, -0.25) is 4.90 Å². The topological polar surface area (TPSA) is 61.4 Å². The van der Waals surface area contributed by atoms with E-state index >= 15 is 0 Å². The molecule has 3 unspecified atom stereocenters. The van der Waals surface area contributed by atoms with Crippen molar-refractivity contribution in [3.05, 3.63) is 59.2 Å². The number of aliphatic hydroxyl groups excluding tert-OH is 1. The maximum absolute atomic E-state index is 14.9. The lowest BCUT2D eigenvalue weighted by Crippen LogP contribution is -2.49. The minimum Gasteiger partial charge on any atom is -0.478 e. The number of H-pyrrole nitrogens is 1. The molecule has 3 atom stereocenters. The first-order valence-electron chi connectivity index (χ1n) is 10.3. The molecule has 2 aromatic heterocycles. The first-order valence-corrected chi connectivity index (χ1v) is 10.3. The van der Waals surface area contributed by atoms with E-state index in [1.54, 1.807) is 18.3 Å². The number of alkyl halides is 1. The van der Waals surface area contributed by atoms with Crippen molar-refractivity contribution in [3.8, 4) is 5.88 Å². The molecule has 160 valence electrons. The second kappa shape index (κ2) is 7.96. The Morgan fingerprint density at radius 3 is 2.80 bits per heavy atom. The lowest BCUT2D eigenvalue weighted by atomic mass is 9.88. The molecule has 0 saturated carbocycles. The van der Waals surface area contributed by atoms with Gasteiger partial charge in [-0.1, -0.05) is 6.07 Å². The molecule has 4 rings (SSSR count). The van der Waals surface area contributed by atoms with Crippen LogP contribution in [0.4, 0.5) is 8.78 Å². The molecule has 0 amide bonds. The Morgan fingerprint density at radius 2 is 2.13 bits per heavy atom. The summed E-state index contributed by atoms with van der Waals surface area (Å²) in [5.41, 5.74) is 1.88. The maximum atomic E-state index is 14.9. The van der Waals surface area contributed by atoms with Crippen LogP contribution in [0, 0.1) is 5.82 Å². The van der Waals surface area contributed by atoms with E-state index in [0.29, 0.717) is 18.9 Å². The molecule has 1 aliphatic heterocycles. The summed E-state index contributed by atoms with van der Waals surface area (Å²) in [7, 11) is 0. The number of nitrogens with one attached hydrogen (secondary N) is 1. The number of benzene rings is 1. The minimum absolute atomic E-state index is 0.0137. The molecule has 30 heavy (non-hydrogen) atoms. The molecule has 7 heteroatoms. The van der Waals surface area contributed by atoms with Crippen molar-refractivity contribution in [3.63, 3.8) is 0 Å². The Hall–Kier alpha value is -2.51. The van der Waals surface area contributed by atoms with Gasteiger partial charge in [0.2, 0.25) is 5.88 Å². The maximum Gasteiger partial charge on any atom is 0.213 e. The minimum atomic E-state index is -1.75. The molecule has 0 radical (unpaired) electrons. The highest BCUT2D eigenvalue weighted by Gasteiger charge is 2.39. The predicted molar refractivity (Wildman–Crippen MR) is 112 cm³/mol. The summed E-state index contributed by atoms with van der Waals surface area (Å²) in [4.78, 5) is 9.81. The van der Waals surface area contributed by atoms with Crippen LogP contribution in [0.25, 0.3) is 10.9 Å². The number of aliphatic hydroxyl groups is 1. The molecule has 0 bridgehead atoms. The van der Waals surface area contributed by atoms with E-state index in [1.807, 2.05) is 24.8 Å². The highest BCUT2D eigenvalue weighted by Crippen LogP contribution is 2.41. The van der Waals surface area contributed by atoms with Crippen molar-refractivity contribution in [2.75, 3.05) is 19.8 Å². The van der Waals surface area contributed by atoms with Crippen LogP contribution in [0.2, 0.25) is 0 Å². The quantitative estimate of drug-likeness (QED) is 0.635. The summed E-state index contributed by atoms with van der Waals surface area (Å²) in [6.07, 6.45) is 2.44. The van der Waals surface area contributed by atoms with Gasteiger partial charge in [-0.15, -0.1) is 0 Å². The number of hydrogen-bond acceptors (Lipinski definition) is 4. The first-order chi connectivity index (χ1) is 14.3. The van der Waals surface area contributed by atoms with Crippen molar-refractivity contribution >= 4 is 10.9 Å². The molecule has 5 nitrogen and oxygen atoms in total. The van der Waals surface area contributed by atoms with Crippen molar-refractivity contribution in [2.45, 2.75) is 44.9 Å². The number of fused-ring (bicyclic) bond motifs is 3. The molecular weight excluding hydrogens is 388 g/mol. The zero-order valence-electron chi connectivity index (χ0n) is 17.5. The summed E-state index contributed by atoms with van der Waals surface area (Å²) in [5.74, 6) is 0.225. The van der Waals surface area contributed by atoms with Gasteiger partial charge in [0.25, 0.3) is 0 Å². The fourth-order valence-corrected chi connectivity index (χ4v) is 4.36. The number of rotatable bonds is 6. The van der Waals surface area contributed by atoms with Crippen molar-refractivity contribution in [1.29, 1.82) is 0 Å². The van der Waals surface area contributed by atoms with Crippen LogP contribution in [-0.2, 0) is 6.42 Å². The molecule has 3 heterocycles. The van der Waals surface area contributed by atoms with Gasteiger partial charge in [0.15, 0.2) is 0 Å².